The highest BCUT2D eigenvalue weighted by Gasteiger charge is 2.25. The van der Waals surface area contributed by atoms with Crippen LogP contribution in [-0.2, 0) is 6.54 Å². The fraction of sp³-hybridized carbons (Fsp3) is 0.381. The number of aromatic nitrogens is 3. The average Bonchev–Trinajstić information content (AvgIpc) is 3.30. The number of carbonyl (C=O) groups is 1. The van der Waals surface area contributed by atoms with Gasteiger partial charge in [0.05, 0.1) is 11.0 Å². The van der Waals surface area contributed by atoms with Gasteiger partial charge in [-0.3, -0.25) is 9.36 Å². The predicted octanol–water partition coefficient (Wildman–Crippen LogP) is 1.29. The number of pyridine rings is 1. The highest BCUT2D eigenvalue weighted by Crippen LogP contribution is 2.18. The van der Waals surface area contributed by atoms with Gasteiger partial charge in [0.15, 0.2) is 0 Å². The van der Waals surface area contributed by atoms with Gasteiger partial charge in [-0.2, -0.15) is 0 Å². The molecule has 0 aliphatic carbocycles. The van der Waals surface area contributed by atoms with E-state index in [1.165, 1.54) is 0 Å². The van der Waals surface area contributed by atoms with Crippen LogP contribution in [-0.4, -0.2) is 65.1 Å². The molecule has 0 bridgehead atoms. The van der Waals surface area contributed by atoms with Crippen molar-refractivity contribution in [3.8, 4) is 0 Å². The molecular weight excluding hydrogens is 368 g/mol. The minimum atomic E-state index is -0.152. The Morgan fingerprint density at radius 2 is 2.17 bits per heavy atom. The molecular formula is C21H26N6O2. The summed E-state index contributed by atoms with van der Waals surface area (Å²) < 4.78 is 1.69. The lowest BCUT2D eigenvalue weighted by Crippen LogP contribution is -2.37. The second kappa shape index (κ2) is 8.08. The van der Waals surface area contributed by atoms with Gasteiger partial charge >= 0.3 is 5.69 Å². The lowest BCUT2D eigenvalue weighted by Gasteiger charge is -2.17. The number of H-pyrrole nitrogens is 1. The standard InChI is InChI=1S/C21H26N6O2/c1-25(2)11-12-27-18-13-15(6-7-17(18)24-21(27)29)20(28)23-16-8-10-26(14-16)19-5-3-4-9-22-19/h3-7,9,13,16H,8,10-12,14H2,1-2H3,(H,23,28)(H,24,29). The number of hydrogen-bond donors (Lipinski definition) is 2. The number of likely N-dealkylation sites (N-methyl/N-ethyl adjacent to an activating group) is 1. The van der Waals surface area contributed by atoms with Gasteiger partial charge in [0.2, 0.25) is 0 Å². The number of nitrogens with zero attached hydrogens (tertiary/aromatic N) is 4. The Balaban J connectivity index is 1.47. The molecule has 0 radical (unpaired) electrons. The molecule has 2 aromatic heterocycles. The van der Waals surface area contributed by atoms with Gasteiger partial charge in [-0.15, -0.1) is 0 Å². The Kier molecular flexibility index (Phi) is 5.35. The van der Waals surface area contributed by atoms with E-state index in [0.29, 0.717) is 12.1 Å². The Hall–Kier alpha value is -3.13. The topological polar surface area (TPSA) is 86.3 Å². The number of anilines is 1. The molecule has 1 aromatic carbocycles. The van der Waals surface area contributed by atoms with Gasteiger partial charge < -0.3 is 20.1 Å². The molecule has 3 aromatic rings. The Morgan fingerprint density at radius 1 is 1.31 bits per heavy atom. The van der Waals surface area contributed by atoms with Crippen LogP contribution in [0.1, 0.15) is 16.8 Å². The summed E-state index contributed by atoms with van der Waals surface area (Å²) in [7, 11) is 3.93. The molecule has 0 saturated carbocycles. The minimum absolute atomic E-state index is 0.0716. The molecule has 8 nitrogen and oxygen atoms in total. The molecule has 0 spiro atoms. The predicted molar refractivity (Wildman–Crippen MR) is 113 cm³/mol. The van der Waals surface area contributed by atoms with Crippen molar-refractivity contribution in [1.82, 2.24) is 24.8 Å². The largest absolute Gasteiger partial charge is 0.354 e. The van der Waals surface area contributed by atoms with E-state index >= 15 is 0 Å². The highest BCUT2D eigenvalue weighted by molar-refractivity contribution is 5.97. The van der Waals surface area contributed by atoms with Crippen molar-refractivity contribution in [3.63, 3.8) is 0 Å². The summed E-state index contributed by atoms with van der Waals surface area (Å²) in [5, 5.41) is 3.12. The third-order valence-electron chi connectivity index (χ3n) is 5.31. The first-order valence-electron chi connectivity index (χ1n) is 9.85. The first kappa shape index (κ1) is 19.2. The van der Waals surface area contributed by atoms with Crippen LogP contribution < -0.4 is 15.9 Å². The summed E-state index contributed by atoms with van der Waals surface area (Å²) in [4.78, 5) is 36.5. The van der Waals surface area contributed by atoms with E-state index in [-0.39, 0.29) is 17.6 Å². The normalized spacial score (nSPS) is 16.7. The second-order valence-electron chi connectivity index (χ2n) is 7.71. The number of aromatic amines is 1. The van der Waals surface area contributed by atoms with E-state index < -0.39 is 0 Å². The van der Waals surface area contributed by atoms with Crippen LogP contribution in [0, 0.1) is 0 Å². The molecule has 4 rings (SSSR count). The maximum atomic E-state index is 12.8. The molecule has 29 heavy (non-hydrogen) atoms. The fourth-order valence-corrected chi connectivity index (χ4v) is 3.71. The van der Waals surface area contributed by atoms with E-state index in [0.717, 1.165) is 42.9 Å². The summed E-state index contributed by atoms with van der Waals surface area (Å²) in [6.45, 7) is 2.92. The molecule has 1 fully saturated rings. The van der Waals surface area contributed by atoms with Gasteiger partial charge in [-0.05, 0) is 50.8 Å². The second-order valence-corrected chi connectivity index (χ2v) is 7.71. The van der Waals surface area contributed by atoms with E-state index in [2.05, 4.69) is 20.2 Å². The van der Waals surface area contributed by atoms with Crippen LogP contribution in [0.25, 0.3) is 11.0 Å². The Morgan fingerprint density at radius 3 is 2.93 bits per heavy atom. The fourth-order valence-electron chi connectivity index (χ4n) is 3.71. The van der Waals surface area contributed by atoms with E-state index in [1.54, 1.807) is 29.0 Å². The maximum absolute atomic E-state index is 12.8. The van der Waals surface area contributed by atoms with E-state index in [4.69, 9.17) is 0 Å². The molecule has 1 saturated heterocycles. The van der Waals surface area contributed by atoms with Crippen LogP contribution in [0.3, 0.4) is 0 Å². The zero-order chi connectivity index (χ0) is 20.4. The quantitative estimate of drug-likeness (QED) is 0.658. The van der Waals surface area contributed by atoms with Crippen molar-refractivity contribution in [2.24, 2.45) is 0 Å². The number of fused-ring (bicyclic) bond motifs is 1. The lowest BCUT2D eigenvalue weighted by atomic mass is 10.1. The Bertz CT molecular complexity index is 1060. The SMILES string of the molecule is CN(C)CCn1c(=O)[nH]c2ccc(C(=O)NC3CCN(c4ccccn4)C3)cc21. The third kappa shape index (κ3) is 4.17. The average molecular weight is 394 g/mol. The molecule has 152 valence electrons. The summed E-state index contributed by atoms with van der Waals surface area (Å²) in [5.41, 5.74) is 1.91. The highest BCUT2D eigenvalue weighted by atomic mass is 16.2. The van der Waals surface area contributed by atoms with Crippen LogP contribution in [0.15, 0.2) is 47.4 Å². The first-order chi connectivity index (χ1) is 14.0. The lowest BCUT2D eigenvalue weighted by molar-refractivity contribution is 0.0940. The number of carbonyl (C=O) groups excluding carboxylic acids is 1. The summed E-state index contributed by atoms with van der Waals surface area (Å²) in [6, 6.07) is 11.3. The number of benzene rings is 1. The molecule has 3 heterocycles. The van der Waals surface area contributed by atoms with E-state index in [9.17, 15) is 9.59 Å². The van der Waals surface area contributed by atoms with Crippen molar-refractivity contribution in [2.75, 3.05) is 38.6 Å². The van der Waals surface area contributed by atoms with Gasteiger partial charge in [0.1, 0.15) is 5.82 Å². The molecule has 1 unspecified atom stereocenters. The van der Waals surface area contributed by atoms with Crippen molar-refractivity contribution in [3.05, 3.63) is 58.6 Å². The zero-order valence-electron chi connectivity index (χ0n) is 16.8. The molecule has 1 amide bonds. The maximum Gasteiger partial charge on any atom is 0.326 e. The van der Waals surface area contributed by atoms with Crippen LogP contribution in [0.5, 0.6) is 0 Å². The molecule has 1 aliphatic rings. The van der Waals surface area contributed by atoms with Gasteiger partial charge in [-0.25, -0.2) is 9.78 Å². The van der Waals surface area contributed by atoms with Crippen LogP contribution in [0.4, 0.5) is 5.82 Å². The summed E-state index contributed by atoms with van der Waals surface area (Å²) in [5.74, 6) is 0.815. The third-order valence-corrected chi connectivity index (χ3v) is 5.31. The molecule has 2 N–H and O–H groups in total. The minimum Gasteiger partial charge on any atom is -0.354 e. The van der Waals surface area contributed by atoms with Crippen LogP contribution >= 0.6 is 0 Å². The number of rotatable bonds is 6. The number of nitrogens with one attached hydrogen (secondary N) is 2. The summed E-state index contributed by atoms with van der Waals surface area (Å²) >= 11 is 0. The smallest absolute Gasteiger partial charge is 0.326 e. The molecule has 1 atom stereocenters. The zero-order valence-corrected chi connectivity index (χ0v) is 16.8. The number of hydrogen-bond acceptors (Lipinski definition) is 5. The van der Waals surface area contributed by atoms with Crippen molar-refractivity contribution in [2.45, 2.75) is 19.0 Å². The van der Waals surface area contributed by atoms with Crippen molar-refractivity contribution < 1.29 is 4.79 Å². The van der Waals surface area contributed by atoms with Gasteiger partial charge in [0.25, 0.3) is 5.91 Å². The van der Waals surface area contributed by atoms with Crippen LogP contribution in [0.2, 0.25) is 0 Å². The van der Waals surface area contributed by atoms with Gasteiger partial charge in [-0.1, -0.05) is 6.07 Å². The van der Waals surface area contributed by atoms with Crippen molar-refractivity contribution in [1.29, 1.82) is 0 Å². The summed E-state index contributed by atoms with van der Waals surface area (Å²) in [6.07, 6.45) is 2.66. The molecule has 1 aliphatic heterocycles. The van der Waals surface area contributed by atoms with E-state index in [1.807, 2.05) is 37.2 Å². The first-order valence-corrected chi connectivity index (χ1v) is 9.85. The molecule has 8 heteroatoms. The number of imidazole rings is 1. The van der Waals surface area contributed by atoms with Gasteiger partial charge in [0, 0.05) is 44.0 Å². The van der Waals surface area contributed by atoms with Crippen molar-refractivity contribution >= 4 is 22.8 Å². The monoisotopic (exact) mass is 394 g/mol. The Labute approximate surface area is 169 Å². The number of amides is 1.